The fraction of sp³-hybridized carbons (Fsp3) is 0.286. The van der Waals surface area contributed by atoms with Crippen molar-refractivity contribution >= 4 is 0 Å². The molecule has 0 aliphatic carbocycles. The van der Waals surface area contributed by atoms with E-state index in [-0.39, 0.29) is 0 Å². The van der Waals surface area contributed by atoms with Crippen molar-refractivity contribution in [1.82, 2.24) is 10.6 Å². The van der Waals surface area contributed by atoms with Gasteiger partial charge in [0, 0.05) is 19.6 Å². The second-order valence-corrected chi connectivity index (χ2v) is 4.39. The Balaban J connectivity index is 1.58. The van der Waals surface area contributed by atoms with E-state index in [0.717, 1.165) is 31.9 Å². The Hall–Kier alpha value is -1.58. The Kier molecular flexibility index (Phi) is 2.94. The maximum atomic E-state index is 5.27. The molecule has 1 aromatic heterocycles. The summed E-state index contributed by atoms with van der Waals surface area (Å²) in [4.78, 5) is 0. The third-order valence-electron chi connectivity index (χ3n) is 3.11. The van der Waals surface area contributed by atoms with E-state index < -0.39 is 0 Å². The van der Waals surface area contributed by atoms with Crippen LogP contribution in [0.5, 0.6) is 0 Å². The van der Waals surface area contributed by atoms with Gasteiger partial charge in [0.1, 0.15) is 5.76 Å². The quantitative estimate of drug-likeness (QED) is 0.842. The fourth-order valence-electron chi connectivity index (χ4n) is 2.20. The molecule has 0 amide bonds. The van der Waals surface area contributed by atoms with Gasteiger partial charge in [0.25, 0.3) is 0 Å². The molecule has 0 unspecified atom stereocenters. The van der Waals surface area contributed by atoms with Gasteiger partial charge in [0.15, 0.2) is 0 Å². The predicted molar refractivity (Wildman–Crippen MR) is 66.2 cm³/mol. The molecule has 2 aromatic rings. The van der Waals surface area contributed by atoms with Gasteiger partial charge in [0.2, 0.25) is 0 Å². The molecule has 0 saturated carbocycles. The topological polar surface area (TPSA) is 37.2 Å². The van der Waals surface area contributed by atoms with E-state index in [1.54, 1.807) is 6.26 Å². The summed E-state index contributed by atoms with van der Waals surface area (Å²) in [7, 11) is 0. The fourth-order valence-corrected chi connectivity index (χ4v) is 2.20. The summed E-state index contributed by atoms with van der Waals surface area (Å²) in [5.74, 6) is 0.979. The Morgan fingerprint density at radius 2 is 2.06 bits per heavy atom. The number of benzene rings is 1. The van der Waals surface area contributed by atoms with Gasteiger partial charge in [-0.3, -0.25) is 0 Å². The Morgan fingerprint density at radius 1 is 1.12 bits per heavy atom. The molecule has 3 nitrogen and oxygen atoms in total. The van der Waals surface area contributed by atoms with Crippen LogP contribution in [0.2, 0.25) is 0 Å². The van der Waals surface area contributed by atoms with Gasteiger partial charge in [-0.1, -0.05) is 18.2 Å². The molecule has 17 heavy (non-hydrogen) atoms. The van der Waals surface area contributed by atoms with Crippen molar-refractivity contribution in [2.45, 2.75) is 26.2 Å². The van der Waals surface area contributed by atoms with Crippen LogP contribution in [0, 0.1) is 0 Å². The molecule has 1 aliphatic rings. The van der Waals surface area contributed by atoms with Crippen LogP contribution in [0.15, 0.2) is 41.0 Å². The van der Waals surface area contributed by atoms with Gasteiger partial charge in [-0.15, -0.1) is 0 Å². The first-order valence-electron chi connectivity index (χ1n) is 5.96. The van der Waals surface area contributed by atoms with Gasteiger partial charge in [0.05, 0.1) is 12.8 Å². The monoisotopic (exact) mass is 228 g/mol. The summed E-state index contributed by atoms with van der Waals surface area (Å²) in [5, 5.41) is 6.74. The Bertz CT molecular complexity index is 491. The van der Waals surface area contributed by atoms with E-state index in [2.05, 4.69) is 28.8 Å². The third-order valence-corrected chi connectivity index (χ3v) is 3.11. The van der Waals surface area contributed by atoms with Crippen LogP contribution in [0.25, 0.3) is 0 Å². The van der Waals surface area contributed by atoms with Gasteiger partial charge in [-0.05, 0) is 28.8 Å². The van der Waals surface area contributed by atoms with Crippen LogP contribution in [0.1, 0.15) is 22.5 Å². The summed E-state index contributed by atoms with van der Waals surface area (Å²) in [6.07, 6.45) is 1.71. The van der Waals surface area contributed by atoms with E-state index >= 15 is 0 Å². The van der Waals surface area contributed by atoms with Crippen LogP contribution < -0.4 is 10.6 Å². The average molecular weight is 228 g/mol. The van der Waals surface area contributed by atoms with Gasteiger partial charge < -0.3 is 15.1 Å². The lowest BCUT2D eigenvalue weighted by Gasteiger charge is -2.05. The highest BCUT2D eigenvalue weighted by Gasteiger charge is 2.09. The zero-order valence-corrected chi connectivity index (χ0v) is 9.70. The van der Waals surface area contributed by atoms with Crippen molar-refractivity contribution in [3.05, 3.63) is 59.0 Å². The molecule has 0 fully saturated rings. The zero-order valence-electron chi connectivity index (χ0n) is 9.70. The van der Waals surface area contributed by atoms with E-state index in [1.807, 2.05) is 12.1 Å². The molecule has 3 rings (SSSR count). The molecule has 0 saturated heterocycles. The molecular weight excluding hydrogens is 212 g/mol. The lowest BCUT2D eigenvalue weighted by molar-refractivity contribution is 0.483. The molecule has 1 aliphatic heterocycles. The summed E-state index contributed by atoms with van der Waals surface area (Å²) in [6.45, 7) is 3.67. The van der Waals surface area contributed by atoms with Crippen LogP contribution in [-0.2, 0) is 26.2 Å². The minimum Gasteiger partial charge on any atom is -0.468 e. The highest BCUT2D eigenvalue weighted by molar-refractivity contribution is 5.34. The van der Waals surface area contributed by atoms with Gasteiger partial charge in [-0.2, -0.15) is 0 Å². The van der Waals surface area contributed by atoms with E-state index in [1.165, 1.54) is 16.7 Å². The maximum Gasteiger partial charge on any atom is 0.117 e. The summed E-state index contributed by atoms with van der Waals surface area (Å²) < 4.78 is 5.27. The van der Waals surface area contributed by atoms with E-state index in [9.17, 15) is 0 Å². The molecule has 0 atom stereocenters. The number of hydrogen-bond donors (Lipinski definition) is 2. The first kappa shape index (κ1) is 10.6. The average Bonchev–Trinajstić information content (AvgIpc) is 2.98. The lowest BCUT2D eigenvalue weighted by atomic mass is 10.1. The summed E-state index contributed by atoms with van der Waals surface area (Å²) in [6, 6.07) is 10.6. The first-order valence-corrected chi connectivity index (χ1v) is 5.96. The molecule has 88 valence electrons. The molecule has 2 N–H and O–H groups in total. The molecular formula is C14H16N2O. The van der Waals surface area contributed by atoms with Crippen LogP contribution in [0.4, 0.5) is 0 Å². The largest absolute Gasteiger partial charge is 0.468 e. The lowest BCUT2D eigenvalue weighted by Crippen LogP contribution is -2.12. The predicted octanol–water partition coefficient (Wildman–Crippen LogP) is 2.17. The smallest absolute Gasteiger partial charge is 0.117 e. The van der Waals surface area contributed by atoms with Crippen molar-refractivity contribution < 1.29 is 4.42 Å². The number of fused-ring (bicyclic) bond motifs is 1. The minimum atomic E-state index is 0.780. The van der Waals surface area contributed by atoms with E-state index in [4.69, 9.17) is 4.42 Å². The van der Waals surface area contributed by atoms with Crippen LogP contribution in [0.3, 0.4) is 0 Å². The minimum absolute atomic E-state index is 0.780. The standard InChI is InChI=1S/C14H16N2O/c1-2-14(17-5-1)10-15-7-11-3-4-12-8-16-9-13(12)6-11/h1-6,15-16H,7-10H2. The molecule has 2 heterocycles. The van der Waals surface area contributed by atoms with Crippen molar-refractivity contribution in [3.8, 4) is 0 Å². The second-order valence-electron chi connectivity index (χ2n) is 4.39. The normalized spacial score (nSPS) is 13.9. The zero-order chi connectivity index (χ0) is 11.5. The number of nitrogens with one attached hydrogen (secondary N) is 2. The molecule has 0 bridgehead atoms. The number of hydrogen-bond acceptors (Lipinski definition) is 3. The van der Waals surface area contributed by atoms with Crippen LogP contribution in [-0.4, -0.2) is 0 Å². The summed E-state index contributed by atoms with van der Waals surface area (Å²) >= 11 is 0. The number of rotatable bonds is 4. The highest BCUT2D eigenvalue weighted by atomic mass is 16.3. The van der Waals surface area contributed by atoms with E-state index in [0.29, 0.717) is 0 Å². The molecule has 3 heteroatoms. The highest BCUT2D eigenvalue weighted by Crippen LogP contribution is 2.16. The maximum absolute atomic E-state index is 5.27. The second kappa shape index (κ2) is 4.73. The number of furan rings is 1. The summed E-state index contributed by atoms with van der Waals surface area (Å²) in [5.41, 5.74) is 4.20. The first-order chi connectivity index (χ1) is 8.42. The van der Waals surface area contributed by atoms with Crippen LogP contribution >= 0.6 is 0 Å². The van der Waals surface area contributed by atoms with Crippen molar-refractivity contribution in [2.75, 3.05) is 0 Å². The Morgan fingerprint density at radius 3 is 2.94 bits per heavy atom. The van der Waals surface area contributed by atoms with Gasteiger partial charge >= 0.3 is 0 Å². The molecule has 1 aromatic carbocycles. The van der Waals surface area contributed by atoms with Crippen molar-refractivity contribution in [2.24, 2.45) is 0 Å². The molecule has 0 radical (unpaired) electrons. The Labute approximate surface area is 101 Å². The SMILES string of the molecule is c1coc(CNCc2ccc3c(c2)CNC3)c1. The van der Waals surface area contributed by atoms with Crippen molar-refractivity contribution in [3.63, 3.8) is 0 Å². The third kappa shape index (κ3) is 2.40. The van der Waals surface area contributed by atoms with Gasteiger partial charge in [-0.25, -0.2) is 0 Å². The van der Waals surface area contributed by atoms with Crippen molar-refractivity contribution in [1.29, 1.82) is 0 Å². The molecule has 0 spiro atoms.